The molecule has 0 aliphatic carbocycles. The second-order valence-corrected chi connectivity index (χ2v) is 19.6. The predicted octanol–water partition coefficient (Wildman–Crippen LogP) is 6.54. The summed E-state index contributed by atoms with van der Waals surface area (Å²) >= 11 is 0. The van der Waals surface area contributed by atoms with Gasteiger partial charge in [-0.15, -0.1) is 0 Å². The lowest BCUT2D eigenvalue weighted by atomic mass is 9.89. The van der Waals surface area contributed by atoms with Crippen LogP contribution in [0.1, 0.15) is 68.1 Å². The molecule has 16 heteroatoms. The smallest absolute Gasteiger partial charge is 0.249 e. The first kappa shape index (κ1) is 47.1. The van der Waals surface area contributed by atoms with Crippen LogP contribution >= 0.6 is 0 Å². The first-order chi connectivity index (χ1) is 34.5. The van der Waals surface area contributed by atoms with Crippen LogP contribution in [0.2, 0.25) is 0 Å². The van der Waals surface area contributed by atoms with Crippen LogP contribution in [0.25, 0.3) is 27.8 Å². The molecule has 6 aromatic rings. The molecule has 3 N–H and O–H groups in total. The Morgan fingerprint density at radius 1 is 0.831 bits per heavy atom. The van der Waals surface area contributed by atoms with E-state index >= 15 is 4.39 Å². The molecule has 1 atom stereocenters. The maximum Gasteiger partial charge on any atom is 0.249 e. The molecule has 1 unspecified atom stereocenters. The van der Waals surface area contributed by atoms with Gasteiger partial charge in [-0.2, -0.15) is 10.4 Å². The number of benzene rings is 3. The summed E-state index contributed by atoms with van der Waals surface area (Å²) in [6.45, 7) is 8.07. The van der Waals surface area contributed by atoms with Gasteiger partial charge in [0.25, 0.3) is 0 Å². The van der Waals surface area contributed by atoms with Crippen molar-refractivity contribution >= 4 is 46.3 Å². The summed E-state index contributed by atoms with van der Waals surface area (Å²) in [5.41, 5.74) is 7.84. The number of halogens is 1. The fraction of sp³-hybridized carbons (Fsp3) is 0.364. The van der Waals surface area contributed by atoms with Gasteiger partial charge in [0.2, 0.25) is 23.6 Å². The van der Waals surface area contributed by atoms with Gasteiger partial charge in [-0.1, -0.05) is 48.5 Å². The number of nitriles is 1. The zero-order valence-electron chi connectivity index (χ0n) is 39.9. The molecule has 7 heterocycles. The number of aromatic nitrogens is 3. The lowest BCUT2D eigenvalue weighted by molar-refractivity contribution is -0.134. The number of amides is 4. The molecule has 10 rings (SSSR count). The molecule has 4 amide bonds. The standard InChI is InChI=1S/C55H58FN11O4/c1-55(62-51(69)29-37-5-3-2-4-6-37)19-23-65(24-20-55)49-15-9-40(33-58-49)46-30-41(35-67-53(46)42(32-57)34-59-67)38-7-11-44(12-8-38)64-25-27-66(28-26-64)52(70)36-63-21-17-39(18-22-63)45-13-10-43(31-47(45)56)60-48-14-16-50(68)61-54(48)71/h2-13,15,30-31,33-35,39,48,60H,14,16-29,36H2,1H3,(H,62,69)(H,61,68,71). The normalized spacial score (nSPS) is 18.8. The SMILES string of the molecule is CC1(NC(=O)Cc2ccccc2)CCN(c2ccc(-c3cc(-c4ccc(N5CCN(C(=O)CN6CCC(c7ccc(NC8CCC(=O)NC8=O)cc7F)CC6)CC5)cc4)cn4ncc(C#N)c34)cn2)CC1. The van der Waals surface area contributed by atoms with Crippen molar-refractivity contribution in [3.05, 3.63) is 132 Å². The third-order valence-electron chi connectivity index (χ3n) is 14.8. The second kappa shape index (κ2) is 20.4. The summed E-state index contributed by atoms with van der Waals surface area (Å²) in [6.07, 6.45) is 9.50. The number of piperidine rings is 3. The maximum absolute atomic E-state index is 15.3. The highest BCUT2D eigenvalue weighted by Crippen LogP contribution is 2.35. The Bertz CT molecular complexity index is 2970. The highest BCUT2D eigenvalue weighted by molar-refractivity contribution is 6.01. The molecule has 71 heavy (non-hydrogen) atoms. The number of nitrogens with zero attached hydrogens (tertiary/aromatic N) is 8. The first-order valence-corrected chi connectivity index (χ1v) is 24.7. The number of hydrogen-bond donors (Lipinski definition) is 3. The number of hydrogen-bond acceptors (Lipinski definition) is 11. The van der Waals surface area contributed by atoms with Crippen LogP contribution in [0, 0.1) is 17.1 Å². The quantitative estimate of drug-likeness (QED) is 0.114. The third-order valence-corrected chi connectivity index (χ3v) is 14.8. The summed E-state index contributed by atoms with van der Waals surface area (Å²) in [7, 11) is 0. The van der Waals surface area contributed by atoms with Crippen LogP contribution in [-0.4, -0.2) is 119 Å². The van der Waals surface area contributed by atoms with Crippen molar-refractivity contribution in [3.8, 4) is 28.3 Å². The minimum atomic E-state index is -0.573. The van der Waals surface area contributed by atoms with E-state index in [0.717, 1.165) is 83.6 Å². The fourth-order valence-corrected chi connectivity index (χ4v) is 10.6. The predicted molar refractivity (Wildman–Crippen MR) is 270 cm³/mol. The average Bonchev–Trinajstić information content (AvgIpc) is 3.81. The number of rotatable bonds is 12. The van der Waals surface area contributed by atoms with E-state index in [0.29, 0.717) is 75.5 Å². The number of carbonyl (C=O) groups is 4. The zero-order valence-corrected chi connectivity index (χ0v) is 39.9. The summed E-state index contributed by atoms with van der Waals surface area (Å²) in [4.78, 5) is 63.6. The minimum absolute atomic E-state index is 0.0354. The molecule has 0 saturated carbocycles. The zero-order chi connectivity index (χ0) is 49.1. The lowest BCUT2D eigenvalue weighted by Gasteiger charge is -2.40. The van der Waals surface area contributed by atoms with Crippen molar-refractivity contribution < 1.29 is 23.6 Å². The number of likely N-dealkylation sites (tertiary alicyclic amines) is 1. The van der Waals surface area contributed by atoms with Gasteiger partial charge >= 0.3 is 0 Å². The van der Waals surface area contributed by atoms with Gasteiger partial charge in [-0.05, 0) is 117 Å². The molecule has 4 aliphatic rings. The fourth-order valence-electron chi connectivity index (χ4n) is 10.6. The molecule has 0 bridgehead atoms. The second-order valence-electron chi connectivity index (χ2n) is 19.6. The molecule has 364 valence electrons. The van der Waals surface area contributed by atoms with E-state index in [1.54, 1.807) is 22.8 Å². The molecule has 3 aromatic carbocycles. The van der Waals surface area contributed by atoms with Crippen LogP contribution in [0.3, 0.4) is 0 Å². The van der Waals surface area contributed by atoms with Gasteiger partial charge in [0.05, 0.1) is 30.2 Å². The summed E-state index contributed by atoms with van der Waals surface area (Å²) in [6, 6.07) is 31.2. The number of fused-ring (bicyclic) bond motifs is 1. The van der Waals surface area contributed by atoms with E-state index in [1.807, 2.05) is 53.7 Å². The molecule has 0 spiro atoms. The highest BCUT2D eigenvalue weighted by Gasteiger charge is 2.33. The number of nitrogens with one attached hydrogen (secondary N) is 3. The number of anilines is 3. The highest BCUT2D eigenvalue weighted by atomic mass is 19.1. The Balaban J connectivity index is 0.716. The van der Waals surface area contributed by atoms with Crippen LogP contribution in [-0.2, 0) is 25.6 Å². The van der Waals surface area contributed by atoms with Crippen molar-refractivity contribution in [1.29, 1.82) is 5.26 Å². The average molecular weight is 956 g/mol. The number of carbonyl (C=O) groups excluding carboxylic acids is 4. The van der Waals surface area contributed by atoms with Crippen molar-refractivity contribution in [1.82, 2.24) is 35.0 Å². The monoisotopic (exact) mass is 955 g/mol. The minimum Gasteiger partial charge on any atom is -0.374 e. The van der Waals surface area contributed by atoms with Gasteiger partial charge in [-0.3, -0.25) is 29.4 Å². The topological polar surface area (TPSA) is 171 Å². The van der Waals surface area contributed by atoms with Gasteiger partial charge in [0.1, 0.15) is 23.7 Å². The van der Waals surface area contributed by atoms with Gasteiger partial charge in [0, 0.05) is 91.7 Å². The Hall–Kier alpha value is -7.64. The molecular weight excluding hydrogens is 898 g/mol. The van der Waals surface area contributed by atoms with E-state index in [2.05, 4.69) is 85.1 Å². The van der Waals surface area contributed by atoms with Crippen molar-refractivity contribution in [2.45, 2.75) is 69.4 Å². The molecule has 4 saturated heterocycles. The van der Waals surface area contributed by atoms with E-state index in [4.69, 9.17) is 4.98 Å². The Kier molecular flexibility index (Phi) is 13.5. The van der Waals surface area contributed by atoms with Crippen molar-refractivity contribution in [2.75, 3.05) is 74.0 Å². The molecule has 3 aromatic heterocycles. The largest absolute Gasteiger partial charge is 0.374 e. The van der Waals surface area contributed by atoms with Crippen molar-refractivity contribution in [2.24, 2.45) is 0 Å². The molecule has 4 fully saturated rings. The summed E-state index contributed by atoms with van der Waals surface area (Å²) < 4.78 is 17.1. The van der Waals surface area contributed by atoms with Crippen LogP contribution < -0.4 is 25.8 Å². The van der Waals surface area contributed by atoms with Gasteiger partial charge in [0.15, 0.2) is 0 Å². The number of piperazine rings is 1. The Morgan fingerprint density at radius 2 is 1.58 bits per heavy atom. The Morgan fingerprint density at radius 3 is 2.27 bits per heavy atom. The van der Waals surface area contributed by atoms with E-state index in [9.17, 15) is 24.4 Å². The number of imide groups is 1. The number of pyridine rings is 2. The summed E-state index contributed by atoms with van der Waals surface area (Å²) in [5, 5.41) is 23.3. The van der Waals surface area contributed by atoms with Crippen molar-refractivity contribution in [3.63, 3.8) is 0 Å². The van der Waals surface area contributed by atoms with Crippen LogP contribution in [0.5, 0.6) is 0 Å². The lowest BCUT2D eigenvalue weighted by Crippen LogP contribution is -2.53. The van der Waals surface area contributed by atoms with E-state index < -0.39 is 11.9 Å². The van der Waals surface area contributed by atoms with Crippen LogP contribution in [0.15, 0.2) is 110 Å². The Labute approximate surface area is 412 Å². The van der Waals surface area contributed by atoms with Gasteiger partial charge in [-0.25, -0.2) is 13.9 Å². The molecular formula is C55H58FN11O4. The maximum atomic E-state index is 15.3. The van der Waals surface area contributed by atoms with Gasteiger partial charge < -0.3 is 25.3 Å². The summed E-state index contributed by atoms with van der Waals surface area (Å²) in [5.74, 6) is 0.0540. The first-order valence-electron chi connectivity index (χ1n) is 24.7. The molecule has 15 nitrogen and oxygen atoms in total. The van der Waals surface area contributed by atoms with E-state index in [-0.39, 0.29) is 41.4 Å². The third kappa shape index (κ3) is 10.6. The van der Waals surface area contributed by atoms with E-state index in [1.165, 1.54) is 6.07 Å². The molecule has 4 aliphatic heterocycles. The molecule has 0 radical (unpaired) electrons. The van der Waals surface area contributed by atoms with Crippen LogP contribution in [0.4, 0.5) is 21.6 Å².